The Labute approximate surface area is 196 Å². The van der Waals surface area contributed by atoms with Gasteiger partial charge in [0.15, 0.2) is 5.76 Å². The normalized spacial score (nSPS) is 15.3. The Morgan fingerprint density at radius 2 is 1.97 bits per heavy atom. The number of furan rings is 1. The van der Waals surface area contributed by atoms with Crippen LogP contribution in [-0.4, -0.2) is 25.6 Å². The van der Waals surface area contributed by atoms with Crippen LogP contribution in [0.2, 0.25) is 0 Å². The van der Waals surface area contributed by atoms with Crippen LogP contribution in [-0.2, 0) is 0 Å². The summed E-state index contributed by atoms with van der Waals surface area (Å²) in [6.45, 7) is 5.67. The molecule has 1 aliphatic carbocycles. The van der Waals surface area contributed by atoms with E-state index in [0.717, 1.165) is 42.3 Å². The van der Waals surface area contributed by atoms with E-state index in [4.69, 9.17) is 8.94 Å². The third-order valence-electron chi connectivity index (χ3n) is 6.41. The molecule has 176 valence electrons. The fourth-order valence-corrected chi connectivity index (χ4v) is 4.61. The van der Waals surface area contributed by atoms with Gasteiger partial charge in [-0.15, -0.1) is 0 Å². The van der Waals surface area contributed by atoms with Crippen LogP contribution in [0.4, 0.5) is 0 Å². The average Bonchev–Trinajstić information content (AvgIpc) is 3.60. The van der Waals surface area contributed by atoms with Gasteiger partial charge in [-0.2, -0.15) is 4.98 Å². The van der Waals surface area contributed by atoms with Gasteiger partial charge in [0.1, 0.15) is 11.7 Å². The summed E-state index contributed by atoms with van der Waals surface area (Å²) in [7, 11) is 0. The number of rotatable bonds is 6. The third kappa shape index (κ3) is 4.02. The summed E-state index contributed by atoms with van der Waals surface area (Å²) in [5.41, 5.74) is 2.72. The van der Waals surface area contributed by atoms with Crippen LogP contribution in [0.25, 0.3) is 22.4 Å². The fourth-order valence-electron chi connectivity index (χ4n) is 4.61. The van der Waals surface area contributed by atoms with Crippen molar-refractivity contribution in [1.29, 1.82) is 0 Å². The van der Waals surface area contributed by atoms with Gasteiger partial charge in [-0.05, 0) is 56.0 Å². The standard InChI is InChI=1S/C25H27N5O4/c1-14(2)21(27-23(31)20-9-6-12-33-20)24-28-22(29-34-24)16-10-11-19-18(13-16)26-15(3)25(32)30(19)17-7-4-5-8-17/h6,9-14,17,21H,4-5,7-8H2,1-3H3,(H,27,31)/t21-/m0/s1. The van der Waals surface area contributed by atoms with E-state index in [1.165, 1.54) is 6.26 Å². The van der Waals surface area contributed by atoms with E-state index in [1.54, 1.807) is 19.1 Å². The highest BCUT2D eigenvalue weighted by Gasteiger charge is 2.27. The first-order valence-corrected chi connectivity index (χ1v) is 11.6. The molecule has 0 radical (unpaired) electrons. The first-order chi connectivity index (χ1) is 16.4. The largest absolute Gasteiger partial charge is 0.459 e. The number of carbonyl (C=O) groups is 1. The molecule has 0 saturated heterocycles. The number of nitrogens with zero attached hydrogens (tertiary/aromatic N) is 4. The van der Waals surface area contributed by atoms with Crippen LogP contribution in [0, 0.1) is 12.8 Å². The molecule has 0 unspecified atom stereocenters. The molecule has 1 atom stereocenters. The van der Waals surface area contributed by atoms with E-state index in [-0.39, 0.29) is 29.2 Å². The van der Waals surface area contributed by atoms with Crippen molar-refractivity contribution >= 4 is 16.9 Å². The molecule has 9 heteroatoms. The quantitative estimate of drug-likeness (QED) is 0.446. The molecule has 4 aromatic rings. The van der Waals surface area contributed by atoms with Gasteiger partial charge in [0.05, 0.1) is 17.3 Å². The molecule has 1 amide bonds. The first kappa shape index (κ1) is 22.1. The summed E-state index contributed by atoms with van der Waals surface area (Å²) < 4.78 is 12.6. The lowest BCUT2D eigenvalue weighted by Gasteiger charge is -2.18. The van der Waals surface area contributed by atoms with Gasteiger partial charge in [0.25, 0.3) is 11.5 Å². The van der Waals surface area contributed by atoms with Crippen molar-refractivity contribution in [3.8, 4) is 11.4 Å². The molecule has 3 aromatic heterocycles. The zero-order valence-electron chi connectivity index (χ0n) is 19.4. The molecule has 1 fully saturated rings. The van der Waals surface area contributed by atoms with Crippen molar-refractivity contribution in [3.63, 3.8) is 0 Å². The van der Waals surface area contributed by atoms with E-state index >= 15 is 0 Å². The average molecular weight is 462 g/mol. The zero-order chi connectivity index (χ0) is 23.8. The lowest BCUT2D eigenvalue weighted by Crippen LogP contribution is -2.31. The second kappa shape index (κ2) is 8.89. The van der Waals surface area contributed by atoms with Gasteiger partial charge in [0.2, 0.25) is 11.7 Å². The van der Waals surface area contributed by atoms with Gasteiger partial charge in [-0.25, -0.2) is 4.98 Å². The first-order valence-electron chi connectivity index (χ1n) is 11.6. The molecule has 34 heavy (non-hydrogen) atoms. The fraction of sp³-hybridized carbons (Fsp3) is 0.400. The third-order valence-corrected chi connectivity index (χ3v) is 6.41. The van der Waals surface area contributed by atoms with E-state index in [2.05, 4.69) is 20.4 Å². The Morgan fingerprint density at radius 3 is 2.68 bits per heavy atom. The Morgan fingerprint density at radius 1 is 1.18 bits per heavy atom. The number of hydrogen-bond donors (Lipinski definition) is 1. The van der Waals surface area contributed by atoms with Crippen LogP contribution in [0.15, 0.2) is 50.3 Å². The van der Waals surface area contributed by atoms with Gasteiger partial charge < -0.3 is 18.8 Å². The zero-order valence-corrected chi connectivity index (χ0v) is 19.4. The number of amides is 1. The minimum absolute atomic E-state index is 0.00831. The molecule has 5 rings (SSSR count). The van der Waals surface area contributed by atoms with Gasteiger partial charge in [-0.3, -0.25) is 9.59 Å². The molecule has 1 saturated carbocycles. The Kier molecular flexibility index (Phi) is 5.77. The number of fused-ring (bicyclic) bond motifs is 1. The maximum Gasteiger partial charge on any atom is 0.287 e. The molecule has 9 nitrogen and oxygen atoms in total. The highest BCUT2D eigenvalue weighted by molar-refractivity contribution is 5.91. The van der Waals surface area contributed by atoms with Crippen LogP contribution >= 0.6 is 0 Å². The number of aromatic nitrogens is 4. The highest BCUT2D eigenvalue weighted by Crippen LogP contribution is 2.32. The summed E-state index contributed by atoms with van der Waals surface area (Å²) >= 11 is 0. The summed E-state index contributed by atoms with van der Waals surface area (Å²) in [4.78, 5) is 34.5. The van der Waals surface area contributed by atoms with Crippen molar-refractivity contribution in [1.82, 2.24) is 25.0 Å². The second-order valence-electron chi connectivity index (χ2n) is 9.14. The van der Waals surface area contributed by atoms with Crippen LogP contribution in [0.3, 0.4) is 0 Å². The molecule has 0 spiro atoms. The molecule has 1 N–H and O–H groups in total. The molecular formula is C25H27N5O4. The summed E-state index contributed by atoms with van der Waals surface area (Å²) in [6.07, 6.45) is 5.74. The SMILES string of the molecule is Cc1nc2cc(-c3noc([C@@H](NC(=O)c4ccco4)C(C)C)n3)ccc2n(C2CCCC2)c1=O. The molecule has 0 aliphatic heterocycles. The van der Waals surface area contributed by atoms with Crippen molar-refractivity contribution < 1.29 is 13.7 Å². The summed E-state index contributed by atoms with van der Waals surface area (Å²) in [5.74, 6) is 0.584. The number of carbonyl (C=O) groups excluding carboxylic acids is 1. The van der Waals surface area contributed by atoms with Crippen molar-refractivity contribution in [2.24, 2.45) is 5.92 Å². The number of hydrogen-bond acceptors (Lipinski definition) is 7. The van der Waals surface area contributed by atoms with Crippen LogP contribution < -0.4 is 10.9 Å². The highest BCUT2D eigenvalue weighted by atomic mass is 16.5. The Hall–Kier alpha value is -3.75. The molecule has 1 aliphatic rings. The van der Waals surface area contributed by atoms with E-state index < -0.39 is 6.04 Å². The smallest absolute Gasteiger partial charge is 0.287 e. The number of benzene rings is 1. The molecule has 3 heterocycles. The summed E-state index contributed by atoms with van der Waals surface area (Å²) in [6, 6.07) is 8.66. The Bertz CT molecular complexity index is 1380. The van der Waals surface area contributed by atoms with Crippen molar-refractivity contribution in [2.45, 2.75) is 58.5 Å². The molecule has 1 aromatic carbocycles. The maximum atomic E-state index is 12.9. The predicted molar refractivity (Wildman–Crippen MR) is 125 cm³/mol. The monoisotopic (exact) mass is 461 g/mol. The van der Waals surface area contributed by atoms with E-state index in [0.29, 0.717) is 17.4 Å². The number of aryl methyl sites for hydroxylation is 1. The minimum atomic E-state index is -0.479. The molecular weight excluding hydrogens is 434 g/mol. The lowest BCUT2D eigenvalue weighted by molar-refractivity contribution is 0.0885. The van der Waals surface area contributed by atoms with Gasteiger partial charge in [0, 0.05) is 11.6 Å². The lowest BCUT2D eigenvalue weighted by atomic mass is 10.0. The van der Waals surface area contributed by atoms with Gasteiger partial charge in [-0.1, -0.05) is 31.8 Å². The van der Waals surface area contributed by atoms with E-state index in [9.17, 15) is 9.59 Å². The predicted octanol–water partition coefficient (Wildman–Crippen LogP) is 4.59. The number of nitrogens with one attached hydrogen (secondary N) is 1. The van der Waals surface area contributed by atoms with Crippen LogP contribution in [0.1, 0.15) is 73.8 Å². The molecule has 0 bridgehead atoms. The van der Waals surface area contributed by atoms with Gasteiger partial charge >= 0.3 is 0 Å². The van der Waals surface area contributed by atoms with Crippen LogP contribution in [0.5, 0.6) is 0 Å². The summed E-state index contributed by atoms with van der Waals surface area (Å²) in [5, 5.41) is 7.05. The van der Waals surface area contributed by atoms with Crippen molar-refractivity contribution in [3.05, 3.63) is 64.3 Å². The maximum absolute atomic E-state index is 12.9. The van der Waals surface area contributed by atoms with Crippen molar-refractivity contribution in [2.75, 3.05) is 0 Å². The Balaban J connectivity index is 1.47. The van der Waals surface area contributed by atoms with E-state index in [1.807, 2.05) is 36.6 Å². The second-order valence-corrected chi connectivity index (χ2v) is 9.14. The minimum Gasteiger partial charge on any atom is -0.459 e. The topological polar surface area (TPSA) is 116 Å².